The van der Waals surface area contributed by atoms with Crippen LogP contribution in [0.25, 0.3) is 16.8 Å². The summed E-state index contributed by atoms with van der Waals surface area (Å²) < 4.78 is 7.33. The molecule has 3 heterocycles. The Labute approximate surface area is 203 Å². The van der Waals surface area contributed by atoms with Crippen molar-refractivity contribution in [2.45, 2.75) is 46.5 Å². The first-order chi connectivity index (χ1) is 16.4. The number of benzene rings is 1. The second kappa shape index (κ2) is 10.2. The van der Waals surface area contributed by atoms with Crippen molar-refractivity contribution in [2.75, 3.05) is 11.9 Å². The van der Waals surface area contributed by atoms with Gasteiger partial charge in [0, 0.05) is 29.3 Å². The van der Waals surface area contributed by atoms with Crippen molar-refractivity contribution < 1.29 is 14.3 Å². The average Bonchev–Trinajstić information content (AvgIpc) is 3.38. The summed E-state index contributed by atoms with van der Waals surface area (Å²) in [6.45, 7) is 8.28. The highest BCUT2D eigenvalue weighted by molar-refractivity contribution is 7.15. The van der Waals surface area contributed by atoms with Gasteiger partial charge in [-0.25, -0.2) is 9.78 Å². The van der Waals surface area contributed by atoms with Crippen LogP contribution in [0, 0.1) is 6.92 Å². The van der Waals surface area contributed by atoms with Crippen molar-refractivity contribution in [1.82, 2.24) is 9.38 Å². The summed E-state index contributed by atoms with van der Waals surface area (Å²) in [5.74, 6) is -0.161. The number of carbonyl (C=O) groups is 2. The lowest BCUT2D eigenvalue weighted by molar-refractivity contribution is -0.116. The third kappa shape index (κ3) is 4.89. The van der Waals surface area contributed by atoms with Crippen molar-refractivity contribution in [3.8, 4) is 11.1 Å². The van der Waals surface area contributed by atoms with E-state index in [0.29, 0.717) is 22.9 Å². The number of carbonyl (C=O) groups excluding carboxylic acids is 2. The van der Waals surface area contributed by atoms with Crippen LogP contribution in [0.15, 0.2) is 54.0 Å². The molecule has 0 unspecified atom stereocenters. The predicted molar refractivity (Wildman–Crippen MR) is 137 cm³/mol. The second-order valence-electron chi connectivity index (χ2n) is 8.47. The van der Waals surface area contributed by atoms with Crippen LogP contribution in [-0.2, 0) is 16.0 Å². The van der Waals surface area contributed by atoms with Crippen LogP contribution in [0.4, 0.5) is 5.00 Å². The van der Waals surface area contributed by atoms with E-state index in [0.717, 1.165) is 28.2 Å². The van der Waals surface area contributed by atoms with E-state index in [9.17, 15) is 9.59 Å². The van der Waals surface area contributed by atoms with Crippen molar-refractivity contribution in [1.29, 1.82) is 0 Å². The molecule has 0 aliphatic rings. The topological polar surface area (TPSA) is 72.7 Å². The van der Waals surface area contributed by atoms with E-state index < -0.39 is 5.97 Å². The number of hydrogen-bond acceptors (Lipinski definition) is 5. The number of rotatable bonds is 8. The summed E-state index contributed by atoms with van der Waals surface area (Å²) in [5, 5.41) is 5.37. The Morgan fingerprint density at radius 1 is 1.15 bits per heavy atom. The molecule has 0 radical (unpaired) electrons. The van der Waals surface area contributed by atoms with Crippen LogP contribution in [-0.4, -0.2) is 27.9 Å². The number of amides is 1. The summed E-state index contributed by atoms with van der Waals surface area (Å²) in [4.78, 5) is 30.3. The second-order valence-corrected chi connectivity index (χ2v) is 9.35. The molecule has 1 N–H and O–H groups in total. The lowest BCUT2D eigenvalue weighted by Gasteiger charge is -2.10. The molecule has 0 fully saturated rings. The van der Waals surface area contributed by atoms with Gasteiger partial charge in [-0.1, -0.05) is 44.2 Å². The van der Waals surface area contributed by atoms with E-state index in [-0.39, 0.29) is 18.9 Å². The van der Waals surface area contributed by atoms with E-state index in [1.54, 1.807) is 6.92 Å². The first-order valence-electron chi connectivity index (χ1n) is 11.5. The quantitative estimate of drug-likeness (QED) is 0.306. The van der Waals surface area contributed by atoms with Gasteiger partial charge >= 0.3 is 5.97 Å². The third-order valence-electron chi connectivity index (χ3n) is 5.83. The highest BCUT2D eigenvalue weighted by atomic mass is 32.1. The average molecular weight is 476 g/mol. The maximum atomic E-state index is 12.9. The fraction of sp³-hybridized carbons (Fsp3) is 0.296. The van der Waals surface area contributed by atoms with Crippen LogP contribution < -0.4 is 5.32 Å². The molecule has 1 amide bonds. The Morgan fingerprint density at radius 2 is 1.91 bits per heavy atom. The number of fused-ring (bicyclic) bond motifs is 1. The molecule has 6 nitrogen and oxygen atoms in total. The van der Waals surface area contributed by atoms with Gasteiger partial charge in [0.15, 0.2) is 0 Å². The molecule has 0 aliphatic carbocycles. The van der Waals surface area contributed by atoms with E-state index >= 15 is 0 Å². The number of ether oxygens (including phenoxy) is 1. The van der Waals surface area contributed by atoms with Crippen LogP contribution >= 0.6 is 11.3 Å². The number of nitrogens with one attached hydrogen (secondary N) is 1. The molecule has 34 heavy (non-hydrogen) atoms. The number of aromatic nitrogens is 2. The normalized spacial score (nSPS) is 11.2. The number of hydrogen-bond donors (Lipinski definition) is 1. The Morgan fingerprint density at radius 3 is 2.62 bits per heavy atom. The molecule has 0 spiro atoms. The summed E-state index contributed by atoms with van der Waals surface area (Å²) >= 11 is 1.34. The Bertz CT molecular complexity index is 1320. The summed E-state index contributed by atoms with van der Waals surface area (Å²) in [6, 6.07) is 14.0. The number of imidazole rings is 1. The molecule has 3 aromatic heterocycles. The molecule has 176 valence electrons. The summed E-state index contributed by atoms with van der Waals surface area (Å²) in [5.41, 5.74) is 6.11. The number of esters is 1. The molecule has 0 saturated heterocycles. The van der Waals surface area contributed by atoms with Crippen molar-refractivity contribution in [3.63, 3.8) is 0 Å². The summed E-state index contributed by atoms with van der Waals surface area (Å²) in [7, 11) is 0. The minimum Gasteiger partial charge on any atom is -0.462 e. The highest BCUT2D eigenvalue weighted by Crippen LogP contribution is 2.37. The lowest BCUT2D eigenvalue weighted by Crippen LogP contribution is -2.15. The molecular weight excluding hydrogens is 446 g/mol. The van der Waals surface area contributed by atoms with Gasteiger partial charge in [0.05, 0.1) is 12.3 Å². The number of pyridine rings is 1. The molecule has 0 aliphatic heterocycles. The molecular formula is C27H29N3O3S. The van der Waals surface area contributed by atoms with Crippen LogP contribution in [0.5, 0.6) is 0 Å². The Balaban J connectivity index is 1.55. The smallest absolute Gasteiger partial charge is 0.341 e. The fourth-order valence-corrected chi connectivity index (χ4v) is 4.98. The standard InChI is InChI=1S/C27H29N3O3S/c1-5-33-27(32)25-21(20-11-9-19(10-12-20)17(2)3)16-34-26(25)29-24(31)14-13-22-18(4)28-23-8-6-7-15-30(22)23/h6-12,15-17H,5,13-14H2,1-4H3,(H,29,31). The third-order valence-corrected chi connectivity index (χ3v) is 6.73. The maximum Gasteiger partial charge on any atom is 0.341 e. The SMILES string of the molecule is CCOC(=O)c1c(-c2ccc(C(C)C)cc2)csc1NC(=O)CCc1c(C)nc2ccccn12. The van der Waals surface area contributed by atoms with E-state index in [1.165, 1.54) is 16.9 Å². The fourth-order valence-electron chi connectivity index (χ4n) is 4.00. The van der Waals surface area contributed by atoms with Gasteiger partial charge in [0.2, 0.25) is 5.91 Å². The van der Waals surface area contributed by atoms with Gasteiger partial charge in [-0.15, -0.1) is 11.3 Å². The van der Waals surface area contributed by atoms with Gasteiger partial charge in [-0.05, 0) is 49.4 Å². The van der Waals surface area contributed by atoms with Gasteiger partial charge in [0.25, 0.3) is 0 Å². The molecule has 7 heteroatoms. The summed E-state index contributed by atoms with van der Waals surface area (Å²) in [6.07, 6.45) is 2.78. The first kappa shape index (κ1) is 23.7. The van der Waals surface area contributed by atoms with E-state index in [2.05, 4.69) is 36.3 Å². The van der Waals surface area contributed by atoms with Crippen molar-refractivity contribution in [3.05, 3.63) is 76.6 Å². The first-order valence-corrected chi connectivity index (χ1v) is 12.4. The van der Waals surface area contributed by atoms with Gasteiger partial charge in [0.1, 0.15) is 16.2 Å². The highest BCUT2D eigenvalue weighted by Gasteiger charge is 2.23. The number of thiophene rings is 1. The molecule has 0 saturated carbocycles. The van der Waals surface area contributed by atoms with E-state index in [1.807, 2.05) is 53.2 Å². The molecule has 4 rings (SSSR count). The van der Waals surface area contributed by atoms with Crippen LogP contribution in [0.2, 0.25) is 0 Å². The van der Waals surface area contributed by atoms with Crippen LogP contribution in [0.1, 0.15) is 60.4 Å². The number of anilines is 1. The Kier molecular flexibility index (Phi) is 7.12. The van der Waals surface area contributed by atoms with E-state index in [4.69, 9.17) is 4.74 Å². The minimum absolute atomic E-state index is 0.153. The number of nitrogens with zero attached hydrogens (tertiary/aromatic N) is 2. The van der Waals surface area contributed by atoms with Crippen molar-refractivity contribution >= 4 is 33.9 Å². The van der Waals surface area contributed by atoms with Gasteiger partial charge in [-0.3, -0.25) is 4.79 Å². The predicted octanol–water partition coefficient (Wildman–Crippen LogP) is 6.24. The zero-order chi connectivity index (χ0) is 24.2. The molecule has 1 aromatic carbocycles. The lowest BCUT2D eigenvalue weighted by atomic mass is 9.98. The molecule has 4 aromatic rings. The van der Waals surface area contributed by atoms with Gasteiger partial charge < -0.3 is 14.5 Å². The number of aryl methyl sites for hydroxylation is 2. The largest absolute Gasteiger partial charge is 0.462 e. The zero-order valence-electron chi connectivity index (χ0n) is 19.9. The Hall–Kier alpha value is -3.45. The van der Waals surface area contributed by atoms with Gasteiger partial charge in [-0.2, -0.15) is 0 Å². The molecule has 0 atom stereocenters. The monoisotopic (exact) mass is 475 g/mol. The maximum absolute atomic E-state index is 12.9. The van der Waals surface area contributed by atoms with Crippen LogP contribution in [0.3, 0.4) is 0 Å². The minimum atomic E-state index is -0.431. The zero-order valence-corrected chi connectivity index (χ0v) is 20.7. The van der Waals surface area contributed by atoms with Crippen molar-refractivity contribution in [2.24, 2.45) is 0 Å². The molecule has 0 bridgehead atoms.